The molecule has 5 rings (SSSR count). The van der Waals surface area contributed by atoms with Gasteiger partial charge in [0.25, 0.3) is 5.91 Å². The number of allylic oxidation sites excluding steroid dienone is 1. The van der Waals surface area contributed by atoms with Crippen LogP contribution in [0.25, 0.3) is 0 Å². The number of aromatic nitrogens is 1. The fourth-order valence-electron chi connectivity index (χ4n) is 5.10. The molecule has 3 atom stereocenters. The Morgan fingerprint density at radius 1 is 1.18 bits per heavy atom. The third kappa shape index (κ3) is 4.64. The molecule has 7 heteroatoms. The molecule has 33 heavy (non-hydrogen) atoms. The predicted octanol–water partition coefficient (Wildman–Crippen LogP) is 3.31. The van der Waals surface area contributed by atoms with Crippen LogP contribution in [0.15, 0.2) is 55.0 Å². The lowest BCUT2D eigenvalue weighted by Crippen LogP contribution is -2.49. The van der Waals surface area contributed by atoms with Gasteiger partial charge in [-0.25, -0.2) is 0 Å². The molecule has 1 aromatic carbocycles. The van der Waals surface area contributed by atoms with E-state index in [4.69, 9.17) is 4.74 Å². The average molecular weight is 447 g/mol. The first-order valence-electron chi connectivity index (χ1n) is 11.8. The average Bonchev–Trinajstić information content (AvgIpc) is 3.14. The summed E-state index contributed by atoms with van der Waals surface area (Å²) in [5, 5.41) is 6.43. The third-order valence-corrected chi connectivity index (χ3v) is 6.89. The number of pyridine rings is 1. The summed E-state index contributed by atoms with van der Waals surface area (Å²) in [5.74, 6) is 0.552. The van der Waals surface area contributed by atoms with Crippen LogP contribution in [0.5, 0.6) is 5.75 Å². The highest BCUT2D eigenvalue weighted by Gasteiger charge is 2.38. The predicted molar refractivity (Wildman–Crippen MR) is 124 cm³/mol. The van der Waals surface area contributed by atoms with Crippen molar-refractivity contribution >= 4 is 11.8 Å². The van der Waals surface area contributed by atoms with Gasteiger partial charge >= 0.3 is 0 Å². The first kappa shape index (κ1) is 21.6. The molecule has 1 saturated heterocycles. The van der Waals surface area contributed by atoms with Gasteiger partial charge in [0.1, 0.15) is 17.9 Å². The molecule has 1 aliphatic carbocycles. The minimum absolute atomic E-state index is 0.0804. The van der Waals surface area contributed by atoms with Gasteiger partial charge in [0.05, 0.1) is 0 Å². The molecule has 0 radical (unpaired) electrons. The molecule has 0 bridgehead atoms. The standard InChI is InChI=1S/C26H30N4O3/c1-17-8-11-23(25(31)29-17)30-16-19-13-20(9-10-21(19)26(30)32)33-24-7-3-2-6-22(24)28-15-18-5-4-12-27-14-18/h4-5,9-10,12-14,22-24,28H,1-3,6-8,11,15-16H2,(H,29,31)/t22-,23?,24+/m0/s1. The van der Waals surface area contributed by atoms with E-state index >= 15 is 0 Å². The van der Waals surface area contributed by atoms with E-state index in [9.17, 15) is 9.59 Å². The number of carbonyl (C=O) groups excluding carboxylic acids is 2. The molecule has 1 aromatic heterocycles. The number of ether oxygens (including phenoxy) is 1. The Morgan fingerprint density at radius 3 is 2.88 bits per heavy atom. The highest BCUT2D eigenvalue weighted by atomic mass is 16.5. The summed E-state index contributed by atoms with van der Waals surface area (Å²) in [5.41, 5.74) is 3.46. The van der Waals surface area contributed by atoms with E-state index in [1.165, 1.54) is 6.42 Å². The maximum absolute atomic E-state index is 13.0. The molecule has 2 aliphatic heterocycles. The van der Waals surface area contributed by atoms with Crippen molar-refractivity contribution in [1.29, 1.82) is 0 Å². The second kappa shape index (κ2) is 9.35. The van der Waals surface area contributed by atoms with Gasteiger partial charge in [-0.15, -0.1) is 0 Å². The Labute approximate surface area is 194 Å². The highest BCUT2D eigenvalue weighted by Crippen LogP contribution is 2.32. The summed E-state index contributed by atoms with van der Waals surface area (Å²) >= 11 is 0. The SMILES string of the molecule is C=C1CCC(N2Cc3cc(O[C@@H]4CCCC[C@@H]4NCc4cccnc4)ccc3C2=O)C(=O)N1. The van der Waals surface area contributed by atoms with Crippen molar-refractivity contribution < 1.29 is 14.3 Å². The van der Waals surface area contributed by atoms with Crippen LogP contribution in [0.2, 0.25) is 0 Å². The van der Waals surface area contributed by atoms with Crippen molar-refractivity contribution in [2.24, 2.45) is 0 Å². The van der Waals surface area contributed by atoms with E-state index in [1.807, 2.05) is 30.5 Å². The highest BCUT2D eigenvalue weighted by molar-refractivity contribution is 6.01. The number of nitrogens with one attached hydrogen (secondary N) is 2. The van der Waals surface area contributed by atoms with Crippen LogP contribution < -0.4 is 15.4 Å². The molecular formula is C26H30N4O3. The molecule has 7 nitrogen and oxygen atoms in total. The van der Waals surface area contributed by atoms with Gasteiger partial charge in [0.2, 0.25) is 5.91 Å². The van der Waals surface area contributed by atoms with Crippen LogP contribution in [-0.2, 0) is 17.9 Å². The van der Waals surface area contributed by atoms with E-state index < -0.39 is 6.04 Å². The first-order valence-corrected chi connectivity index (χ1v) is 11.8. The summed E-state index contributed by atoms with van der Waals surface area (Å²) in [6, 6.07) is 9.55. The largest absolute Gasteiger partial charge is 0.489 e. The van der Waals surface area contributed by atoms with Crippen molar-refractivity contribution in [3.05, 3.63) is 71.7 Å². The van der Waals surface area contributed by atoms with Crippen LogP contribution in [-0.4, -0.2) is 39.9 Å². The summed E-state index contributed by atoms with van der Waals surface area (Å²) in [6.07, 6.45) is 9.47. The summed E-state index contributed by atoms with van der Waals surface area (Å²) in [6.45, 7) is 5.03. The Kier molecular flexibility index (Phi) is 6.13. The molecule has 2 N–H and O–H groups in total. The van der Waals surface area contributed by atoms with Gasteiger partial charge in [-0.3, -0.25) is 14.6 Å². The van der Waals surface area contributed by atoms with Crippen LogP contribution >= 0.6 is 0 Å². The van der Waals surface area contributed by atoms with E-state index in [0.29, 0.717) is 24.9 Å². The third-order valence-electron chi connectivity index (χ3n) is 6.89. The van der Waals surface area contributed by atoms with Crippen LogP contribution in [0.1, 0.15) is 60.0 Å². The molecule has 3 aliphatic rings. The van der Waals surface area contributed by atoms with Crippen molar-refractivity contribution in [1.82, 2.24) is 20.5 Å². The minimum Gasteiger partial charge on any atom is -0.489 e. The molecule has 0 spiro atoms. The number of benzene rings is 1. The zero-order valence-electron chi connectivity index (χ0n) is 18.8. The summed E-state index contributed by atoms with van der Waals surface area (Å²) in [4.78, 5) is 31.2. The zero-order chi connectivity index (χ0) is 22.8. The van der Waals surface area contributed by atoms with E-state index in [1.54, 1.807) is 11.1 Å². The number of fused-ring (bicyclic) bond motifs is 1. The Hall–Kier alpha value is -3.19. The van der Waals surface area contributed by atoms with Gasteiger partial charge in [-0.1, -0.05) is 19.1 Å². The second-order valence-corrected chi connectivity index (χ2v) is 9.19. The van der Waals surface area contributed by atoms with Gasteiger partial charge < -0.3 is 20.3 Å². The number of piperidine rings is 1. The molecular weight excluding hydrogens is 416 g/mol. The number of carbonyl (C=O) groups is 2. The fourth-order valence-corrected chi connectivity index (χ4v) is 5.10. The van der Waals surface area contributed by atoms with Gasteiger partial charge in [-0.2, -0.15) is 0 Å². The maximum atomic E-state index is 13.0. The normalized spacial score (nSPS) is 25.0. The Balaban J connectivity index is 1.25. The van der Waals surface area contributed by atoms with E-state index in [-0.39, 0.29) is 24.0 Å². The monoisotopic (exact) mass is 446 g/mol. The van der Waals surface area contributed by atoms with Crippen molar-refractivity contribution in [2.45, 2.75) is 69.8 Å². The van der Waals surface area contributed by atoms with Crippen LogP contribution in [0, 0.1) is 0 Å². The molecule has 1 saturated carbocycles. The minimum atomic E-state index is -0.445. The Morgan fingerprint density at radius 2 is 2.06 bits per heavy atom. The smallest absolute Gasteiger partial charge is 0.255 e. The quantitative estimate of drug-likeness (QED) is 0.711. The van der Waals surface area contributed by atoms with Crippen molar-refractivity contribution in [3.8, 4) is 5.75 Å². The van der Waals surface area contributed by atoms with Crippen molar-refractivity contribution in [3.63, 3.8) is 0 Å². The molecule has 172 valence electrons. The number of hydrogen-bond donors (Lipinski definition) is 2. The van der Waals surface area contributed by atoms with Gasteiger partial charge in [0.15, 0.2) is 0 Å². The number of amides is 2. The molecule has 3 heterocycles. The number of rotatable bonds is 6. The number of hydrogen-bond acceptors (Lipinski definition) is 5. The Bertz CT molecular complexity index is 1050. The lowest BCUT2D eigenvalue weighted by atomic mass is 9.92. The first-order chi connectivity index (χ1) is 16.1. The van der Waals surface area contributed by atoms with Crippen molar-refractivity contribution in [2.75, 3.05) is 0 Å². The zero-order valence-corrected chi connectivity index (χ0v) is 18.8. The second-order valence-electron chi connectivity index (χ2n) is 9.19. The molecule has 2 aromatic rings. The summed E-state index contributed by atoms with van der Waals surface area (Å²) in [7, 11) is 0. The molecule has 2 amide bonds. The van der Waals surface area contributed by atoms with E-state index in [2.05, 4.69) is 28.3 Å². The van der Waals surface area contributed by atoms with E-state index in [0.717, 1.165) is 48.4 Å². The summed E-state index contributed by atoms with van der Waals surface area (Å²) < 4.78 is 6.43. The molecule has 1 unspecified atom stereocenters. The number of nitrogens with zero attached hydrogens (tertiary/aromatic N) is 2. The van der Waals surface area contributed by atoms with Crippen LogP contribution in [0.3, 0.4) is 0 Å². The lowest BCUT2D eigenvalue weighted by Gasteiger charge is -2.32. The van der Waals surface area contributed by atoms with Crippen LogP contribution in [0.4, 0.5) is 0 Å². The van der Waals surface area contributed by atoms with Gasteiger partial charge in [-0.05, 0) is 67.5 Å². The lowest BCUT2D eigenvalue weighted by molar-refractivity contribution is -0.126. The van der Waals surface area contributed by atoms with Gasteiger partial charge in [0, 0.05) is 42.8 Å². The topological polar surface area (TPSA) is 83.6 Å². The molecule has 2 fully saturated rings. The maximum Gasteiger partial charge on any atom is 0.255 e. The fraction of sp³-hybridized carbons (Fsp3) is 0.423.